The van der Waals surface area contributed by atoms with Gasteiger partial charge in [-0.25, -0.2) is 5.84 Å². The van der Waals surface area contributed by atoms with E-state index < -0.39 is 0 Å². The zero-order valence-corrected chi connectivity index (χ0v) is 6.85. The monoisotopic (exact) mass is 188 g/mol. The summed E-state index contributed by atoms with van der Waals surface area (Å²) in [6.45, 7) is 0. The van der Waals surface area contributed by atoms with Gasteiger partial charge in [0.1, 0.15) is 0 Å². The summed E-state index contributed by atoms with van der Waals surface area (Å²) in [5.74, 6) is 4.00. The Bertz CT molecular complexity index is 222. The number of nitrogens with two attached hydrogens (primary N) is 2. The molecule has 6 N–H and O–H groups in total. The Kier molecular flexibility index (Phi) is 4.58. The van der Waals surface area contributed by atoms with E-state index in [1.807, 2.05) is 10.7 Å². The number of carbonyl (C=O) groups excluding carboxylic acids is 2. The van der Waals surface area contributed by atoms with Crippen molar-refractivity contribution in [1.82, 2.24) is 10.7 Å². The minimum absolute atomic E-state index is 0.116. The maximum Gasteiger partial charge on any atom is 0.250 e. The van der Waals surface area contributed by atoms with Crippen LogP contribution in [0.15, 0.2) is 12.2 Å². The molecule has 0 saturated heterocycles. The van der Waals surface area contributed by atoms with Crippen molar-refractivity contribution in [2.24, 2.45) is 11.6 Å². The topological polar surface area (TPSA) is 110 Å². The first-order valence-corrected chi connectivity index (χ1v) is 3.26. The van der Waals surface area contributed by atoms with Crippen LogP contribution in [-0.4, -0.2) is 16.9 Å². The fourth-order valence-electron chi connectivity index (χ4n) is 0.356. The van der Waals surface area contributed by atoms with E-state index in [2.05, 4.69) is 18.1 Å². The largest absolute Gasteiger partial charge is 0.375 e. The second-order valence-corrected chi connectivity index (χ2v) is 2.14. The summed E-state index contributed by atoms with van der Waals surface area (Å²) in [6, 6.07) is 0. The normalized spacial score (nSPS) is 13.1. The van der Waals surface area contributed by atoms with E-state index in [0.717, 1.165) is 0 Å². The van der Waals surface area contributed by atoms with Crippen LogP contribution in [0.2, 0.25) is 0 Å². The number of hydrazine groups is 1. The number of rotatable bonds is 0. The highest BCUT2D eigenvalue weighted by molar-refractivity contribution is 7.80. The highest BCUT2D eigenvalue weighted by atomic mass is 32.1. The Balaban J connectivity index is 0.000000217. The molecule has 0 spiro atoms. The highest BCUT2D eigenvalue weighted by Crippen LogP contribution is 1.82. The summed E-state index contributed by atoms with van der Waals surface area (Å²) in [5.41, 5.74) is 6.82. The van der Waals surface area contributed by atoms with Crippen LogP contribution >= 0.6 is 12.2 Å². The smallest absolute Gasteiger partial charge is 0.250 e. The fraction of sp³-hybridized carbons (Fsp3) is 0. The fourth-order valence-corrected chi connectivity index (χ4v) is 0.356. The van der Waals surface area contributed by atoms with Crippen molar-refractivity contribution in [3.63, 3.8) is 0 Å². The van der Waals surface area contributed by atoms with Gasteiger partial charge in [0, 0.05) is 12.2 Å². The second kappa shape index (κ2) is 5.22. The Morgan fingerprint density at radius 2 is 1.75 bits per heavy atom. The first-order valence-electron chi connectivity index (χ1n) is 2.85. The van der Waals surface area contributed by atoms with E-state index in [9.17, 15) is 9.59 Å². The predicted octanol–water partition coefficient (Wildman–Crippen LogP) is -2.11. The molecule has 0 aromatic rings. The molecule has 2 amide bonds. The van der Waals surface area contributed by atoms with E-state index >= 15 is 0 Å². The molecule has 0 aliphatic carbocycles. The molecule has 1 heterocycles. The SMILES string of the molecule is NNC(N)=S.O=C1C=CC(=O)N1. The number of amides is 2. The number of carbonyl (C=O) groups is 2. The van der Waals surface area contributed by atoms with Crippen LogP contribution in [0.1, 0.15) is 0 Å². The molecule has 66 valence electrons. The van der Waals surface area contributed by atoms with Crippen LogP contribution in [0, 0.1) is 0 Å². The van der Waals surface area contributed by atoms with Gasteiger partial charge >= 0.3 is 0 Å². The Hall–Kier alpha value is -1.47. The molecule has 0 unspecified atom stereocenters. The van der Waals surface area contributed by atoms with Crippen molar-refractivity contribution >= 4 is 29.1 Å². The Morgan fingerprint density at radius 3 is 1.83 bits per heavy atom. The second-order valence-electron chi connectivity index (χ2n) is 1.70. The summed E-state index contributed by atoms with van der Waals surface area (Å²) in [4.78, 5) is 20.1. The molecule has 1 rings (SSSR count). The Morgan fingerprint density at radius 1 is 1.42 bits per heavy atom. The maximum absolute atomic E-state index is 10.0. The average molecular weight is 188 g/mol. The van der Waals surface area contributed by atoms with Crippen LogP contribution in [-0.2, 0) is 9.59 Å². The van der Waals surface area contributed by atoms with Crippen LogP contribution < -0.4 is 22.3 Å². The third kappa shape index (κ3) is 5.33. The summed E-state index contributed by atoms with van der Waals surface area (Å²) in [6.07, 6.45) is 2.39. The third-order valence-electron chi connectivity index (χ3n) is 0.775. The van der Waals surface area contributed by atoms with E-state index in [0.29, 0.717) is 0 Å². The van der Waals surface area contributed by atoms with Crippen LogP contribution in [0.3, 0.4) is 0 Å². The molecule has 1 aliphatic heterocycles. The van der Waals surface area contributed by atoms with Gasteiger partial charge in [0.2, 0.25) is 0 Å². The van der Waals surface area contributed by atoms with E-state index in [-0.39, 0.29) is 16.9 Å². The molecular formula is C5H8N4O2S. The lowest BCUT2D eigenvalue weighted by molar-refractivity contribution is -0.123. The van der Waals surface area contributed by atoms with E-state index in [1.165, 1.54) is 12.2 Å². The number of nitrogens with one attached hydrogen (secondary N) is 2. The molecular weight excluding hydrogens is 180 g/mol. The van der Waals surface area contributed by atoms with Crippen molar-refractivity contribution < 1.29 is 9.59 Å². The van der Waals surface area contributed by atoms with Crippen molar-refractivity contribution in [1.29, 1.82) is 0 Å². The minimum atomic E-state index is -0.329. The van der Waals surface area contributed by atoms with Crippen molar-refractivity contribution in [3.8, 4) is 0 Å². The van der Waals surface area contributed by atoms with E-state index in [1.54, 1.807) is 0 Å². The van der Waals surface area contributed by atoms with Gasteiger partial charge in [-0.1, -0.05) is 0 Å². The van der Waals surface area contributed by atoms with Gasteiger partial charge in [0.25, 0.3) is 11.8 Å². The van der Waals surface area contributed by atoms with Gasteiger partial charge in [0.15, 0.2) is 5.11 Å². The first kappa shape index (κ1) is 10.5. The van der Waals surface area contributed by atoms with Gasteiger partial charge in [-0.3, -0.25) is 14.9 Å². The minimum Gasteiger partial charge on any atom is -0.375 e. The summed E-state index contributed by atoms with van der Waals surface area (Å²) in [5, 5.41) is 2.14. The average Bonchev–Trinajstić information content (AvgIpc) is 2.36. The summed E-state index contributed by atoms with van der Waals surface area (Å²) in [7, 11) is 0. The molecule has 12 heavy (non-hydrogen) atoms. The van der Waals surface area contributed by atoms with E-state index in [4.69, 9.17) is 5.73 Å². The molecule has 0 aromatic carbocycles. The standard InChI is InChI=1S/C4H3NO2.CH5N3S/c6-3-1-2-4(7)5-3;2-1(5)4-3/h1-2H,(H,5,6,7);3H2,(H3,2,4,5). The number of thiocarbonyl (C=S) groups is 1. The molecule has 0 bridgehead atoms. The third-order valence-corrected chi connectivity index (χ3v) is 0.893. The van der Waals surface area contributed by atoms with Gasteiger partial charge in [0.05, 0.1) is 0 Å². The molecule has 0 aromatic heterocycles. The van der Waals surface area contributed by atoms with Crippen LogP contribution in [0.25, 0.3) is 0 Å². The van der Waals surface area contributed by atoms with Gasteiger partial charge < -0.3 is 11.2 Å². The molecule has 0 saturated carbocycles. The maximum atomic E-state index is 10.0. The number of hydrogen-bond acceptors (Lipinski definition) is 4. The quantitative estimate of drug-likeness (QED) is 0.150. The number of imide groups is 1. The van der Waals surface area contributed by atoms with Crippen LogP contribution in [0.4, 0.5) is 0 Å². The van der Waals surface area contributed by atoms with Gasteiger partial charge in [-0.15, -0.1) is 0 Å². The molecule has 6 nitrogen and oxygen atoms in total. The van der Waals surface area contributed by atoms with Gasteiger partial charge in [-0.05, 0) is 12.2 Å². The molecule has 7 heteroatoms. The van der Waals surface area contributed by atoms with Crippen molar-refractivity contribution in [2.45, 2.75) is 0 Å². The zero-order chi connectivity index (χ0) is 9.56. The van der Waals surface area contributed by atoms with Crippen LogP contribution in [0.5, 0.6) is 0 Å². The van der Waals surface area contributed by atoms with Crippen molar-refractivity contribution in [3.05, 3.63) is 12.2 Å². The lowest BCUT2D eigenvalue weighted by Gasteiger charge is -1.85. The lowest BCUT2D eigenvalue weighted by atomic mass is 10.6. The molecule has 0 fully saturated rings. The number of hydrogen-bond donors (Lipinski definition) is 4. The lowest BCUT2D eigenvalue weighted by Crippen LogP contribution is -2.34. The first-order chi connectivity index (χ1) is 5.56. The highest BCUT2D eigenvalue weighted by Gasteiger charge is 2.06. The Labute approximate surface area is 73.9 Å². The molecule has 0 radical (unpaired) electrons. The van der Waals surface area contributed by atoms with Gasteiger partial charge in [-0.2, -0.15) is 0 Å². The molecule has 0 atom stereocenters. The summed E-state index contributed by atoms with van der Waals surface area (Å²) >= 11 is 4.24. The summed E-state index contributed by atoms with van der Waals surface area (Å²) < 4.78 is 0. The molecule has 1 aliphatic rings. The predicted molar refractivity (Wildman–Crippen MR) is 46.4 cm³/mol. The zero-order valence-electron chi connectivity index (χ0n) is 6.03. The van der Waals surface area contributed by atoms with Crippen molar-refractivity contribution in [2.75, 3.05) is 0 Å².